The molecule has 4 nitrogen and oxygen atoms in total. The molecule has 1 aliphatic heterocycles. The van der Waals surface area contributed by atoms with Crippen molar-refractivity contribution in [3.63, 3.8) is 0 Å². The second kappa shape index (κ2) is 3.52. The first-order valence-corrected chi connectivity index (χ1v) is 3.92. The molecule has 1 rings (SSSR count). The standard InChI is InChI=1S/C6H6BrNO3/c7-2-1-5(9)8-3-4-11-6(8)10/h1-2H,3-4H2/b2-1+. The molecule has 0 aliphatic carbocycles. The SMILES string of the molecule is O=C(/C=C/Br)N1CCOC1=O. The first-order chi connectivity index (χ1) is 5.25. The topological polar surface area (TPSA) is 46.6 Å². The normalized spacial score (nSPS) is 17.5. The Morgan fingerprint density at radius 1 is 1.73 bits per heavy atom. The highest BCUT2D eigenvalue weighted by molar-refractivity contribution is 9.11. The predicted molar refractivity (Wildman–Crippen MR) is 41.1 cm³/mol. The molecule has 5 heteroatoms. The van der Waals surface area contributed by atoms with Crippen LogP contribution in [0.1, 0.15) is 0 Å². The summed E-state index contributed by atoms with van der Waals surface area (Å²) < 4.78 is 4.55. The Labute approximate surface area is 71.9 Å². The summed E-state index contributed by atoms with van der Waals surface area (Å²) in [7, 11) is 0. The van der Waals surface area contributed by atoms with Crippen molar-refractivity contribution < 1.29 is 14.3 Å². The van der Waals surface area contributed by atoms with Crippen molar-refractivity contribution >= 4 is 27.9 Å². The first-order valence-electron chi connectivity index (χ1n) is 3.00. The van der Waals surface area contributed by atoms with Crippen LogP contribution in [-0.2, 0) is 9.53 Å². The molecular weight excluding hydrogens is 214 g/mol. The molecule has 1 saturated heterocycles. The summed E-state index contributed by atoms with van der Waals surface area (Å²) in [6.07, 6.45) is 0.688. The third-order valence-electron chi connectivity index (χ3n) is 1.23. The van der Waals surface area contributed by atoms with Crippen LogP contribution in [0.4, 0.5) is 4.79 Å². The van der Waals surface area contributed by atoms with E-state index in [0.717, 1.165) is 4.90 Å². The summed E-state index contributed by atoms with van der Waals surface area (Å²) in [5.41, 5.74) is 0. The van der Waals surface area contributed by atoms with E-state index in [0.29, 0.717) is 13.2 Å². The number of hydrogen-bond acceptors (Lipinski definition) is 3. The summed E-state index contributed by atoms with van der Waals surface area (Å²) >= 11 is 2.94. The number of rotatable bonds is 1. The van der Waals surface area contributed by atoms with Gasteiger partial charge in [0.25, 0.3) is 5.91 Å². The molecule has 0 aromatic rings. The van der Waals surface area contributed by atoms with Crippen molar-refractivity contribution in [2.45, 2.75) is 0 Å². The predicted octanol–water partition coefficient (Wildman–Crippen LogP) is 0.874. The molecule has 0 saturated carbocycles. The van der Waals surface area contributed by atoms with Gasteiger partial charge in [0.15, 0.2) is 0 Å². The quantitative estimate of drug-likeness (QED) is 0.616. The van der Waals surface area contributed by atoms with Crippen LogP contribution in [0.5, 0.6) is 0 Å². The zero-order chi connectivity index (χ0) is 8.27. The minimum absolute atomic E-state index is 0.292. The first kappa shape index (κ1) is 8.26. The van der Waals surface area contributed by atoms with Gasteiger partial charge in [0.2, 0.25) is 0 Å². The fraction of sp³-hybridized carbons (Fsp3) is 0.333. The Morgan fingerprint density at radius 2 is 2.45 bits per heavy atom. The lowest BCUT2D eigenvalue weighted by Gasteiger charge is -2.05. The second-order valence-electron chi connectivity index (χ2n) is 1.90. The van der Waals surface area contributed by atoms with E-state index in [2.05, 4.69) is 20.7 Å². The molecule has 0 aromatic heterocycles. The Kier molecular flexibility index (Phi) is 2.64. The Bertz CT molecular complexity index is 214. The van der Waals surface area contributed by atoms with Crippen molar-refractivity contribution in [1.82, 2.24) is 4.90 Å². The van der Waals surface area contributed by atoms with Crippen molar-refractivity contribution in [1.29, 1.82) is 0 Å². The number of imide groups is 1. The van der Waals surface area contributed by atoms with E-state index < -0.39 is 6.09 Å². The zero-order valence-electron chi connectivity index (χ0n) is 5.62. The van der Waals surface area contributed by atoms with Crippen LogP contribution in [0.25, 0.3) is 0 Å². The van der Waals surface area contributed by atoms with Gasteiger partial charge in [0, 0.05) is 6.08 Å². The van der Waals surface area contributed by atoms with E-state index >= 15 is 0 Å². The number of carbonyl (C=O) groups excluding carboxylic acids is 2. The lowest BCUT2D eigenvalue weighted by atomic mass is 10.5. The lowest BCUT2D eigenvalue weighted by molar-refractivity contribution is -0.122. The van der Waals surface area contributed by atoms with E-state index in [-0.39, 0.29) is 5.91 Å². The molecule has 11 heavy (non-hydrogen) atoms. The highest BCUT2D eigenvalue weighted by Crippen LogP contribution is 2.04. The van der Waals surface area contributed by atoms with Crippen LogP contribution in [0.15, 0.2) is 11.1 Å². The van der Waals surface area contributed by atoms with Gasteiger partial charge in [0.05, 0.1) is 6.54 Å². The van der Waals surface area contributed by atoms with E-state index in [1.165, 1.54) is 11.1 Å². The van der Waals surface area contributed by atoms with Crippen LogP contribution < -0.4 is 0 Å². The minimum atomic E-state index is -0.569. The molecule has 0 spiro atoms. The average molecular weight is 220 g/mol. The van der Waals surface area contributed by atoms with Crippen LogP contribution in [0, 0.1) is 0 Å². The monoisotopic (exact) mass is 219 g/mol. The number of amides is 2. The molecule has 0 unspecified atom stereocenters. The van der Waals surface area contributed by atoms with Gasteiger partial charge in [-0.2, -0.15) is 0 Å². The molecule has 0 bridgehead atoms. The Hall–Kier alpha value is -0.840. The number of cyclic esters (lactones) is 1. The van der Waals surface area contributed by atoms with Crippen LogP contribution in [0.2, 0.25) is 0 Å². The minimum Gasteiger partial charge on any atom is -0.447 e. The number of carbonyl (C=O) groups is 2. The molecule has 0 atom stereocenters. The molecule has 2 amide bonds. The second-order valence-corrected chi connectivity index (χ2v) is 2.43. The fourth-order valence-electron chi connectivity index (χ4n) is 0.737. The van der Waals surface area contributed by atoms with Crippen LogP contribution in [0.3, 0.4) is 0 Å². The zero-order valence-corrected chi connectivity index (χ0v) is 7.20. The Balaban J connectivity index is 2.59. The molecule has 1 heterocycles. The van der Waals surface area contributed by atoms with E-state index in [1.54, 1.807) is 0 Å². The highest BCUT2D eigenvalue weighted by atomic mass is 79.9. The number of nitrogens with zero attached hydrogens (tertiary/aromatic N) is 1. The molecular formula is C6H6BrNO3. The molecule has 60 valence electrons. The Morgan fingerprint density at radius 3 is 2.91 bits per heavy atom. The van der Waals surface area contributed by atoms with Gasteiger partial charge in [-0.25, -0.2) is 9.69 Å². The van der Waals surface area contributed by atoms with Crippen molar-refractivity contribution in [2.24, 2.45) is 0 Å². The largest absolute Gasteiger partial charge is 0.447 e. The van der Waals surface area contributed by atoms with Gasteiger partial charge in [0.1, 0.15) is 6.61 Å². The van der Waals surface area contributed by atoms with Gasteiger partial charge < -0.3 is 4.74 Å². The van der Waals surface area contributed by atoms with Gasteiger partial charge in [-0.05, 0) is 4.99 Å². The van der Waals surface area contributed by atoms with Gasteiger partial charge in [-0.3, -0.25) is 4.79 Å². The third kappa shape index (κ3) is 1.80. The maximum atomic E-state index is 11.0. The summed E-state index contributed by atoms with van der Waals surface area (Å²) in [6, 6.07) is 0. The van der Waals surface area contributed by atoms with Crippen molar-refractivity contribution in [2.75, 3.05) is 13.2 Å². The molecule has 1 aliphatic rings. The van der Waals surface area contributed by atoms with Crippen molar-refractivity contribution in [3.8, 4) is 0 Å². The van der Waals surface area contributed by atoms with Crippen LogP contribution in [-0.4, -0.2) is 30.1 Å². The smallest absolute Gasteiger partial charge is 0.416 e. The van der Waals surface area contributed by atoms with E-state index in [9.17, 15) is 9.59 Å². The molecule has 0 aromatic carbocycles. The maximum Gasteiger partial charge on any atom is 0.416 e. The van der Waals surface area contributed by atoms with Crippen molar-refractivity contribution in [3.05, 3.63) is 11.1 Å². The summed E-state index contributed by atoms with van der Waals surface area (Å²) in [4.78, 5) is 24.1. The summed E-state index contributed by atoms with van der Waals surface area (Å²) in [5.74, 6) is -0.357. The third-order valence-corrected chi connectivity index (χ3v) is 1.50. The average Bonchev–Trinajstić information content (AvgIpc) is 2.36. The van der Waals surface area contributed by atoms with Gasteiger partial charge >= 0.3 is 6.09 Å². The summed E-state index contributed by atoms with van der Waals surface area (Å²) in [5, 5.41) is 0. The van der Waals surface area contributed by atoms with Gasteiger partial charge in [-0.1, -0.05) is 15.9 Å². The number of hydrogen-bond donors (Lipinski definition) is 0. The number of ether oxygens (including phenoxy) is 1. The van der Waals surface area contributed by atoms with Crippen LogP contribution >= 0.6 is 15.9 Å². The van der Waals surface area contributed by atoms with Gasteiger partial charge in [-0.15, -0.1) is 0 Å². The highest BCUT2D eigenvalue weighted by Gasteiger charge is 2.26. The van der Waals surface area contributed by atoms with E-state index in [4.69, 9.17) is 0 Å². The fourth-order valence-corrected chi connectivity index (χ4v) is 0.964. The molecule has 0 N–H and O–H groups in total. The lowest BCUT2D eigenvalue weighted by Crippen LogP contribution is -2.29. The number of halogens is 1. The molecule has 0 radical (unpaired) electrons. The maximum absolute atomic E-state index is 11.0. The summed E-state index contributed by atoms with van der Waals surface area (Å²) in [6.45, 7) is 0.635. The molecule has 1 fully saturated rings. The van der Waals surface area contributed by atoms with E-state index in [1.807, 2.05) is 0 Å².